The summed E-state index contributed by atoms with van der Waals surface area (Å²) in [6, 6.07) is 7.31. The van der Waals surface area contributed by atoms with Crippen molar-refractivity contribution in [2.45, 2.75) is 32.2 Å². The molecule has 3 aromatic rings. The standard InChI is InChI=1S/C20H21N3O4S/c1-13-15(22-19(27-13)17-5-3-11-28-17)12-18(24)21-14-6-8-23(9-7-14)20(25)16-4-2-10-26-16/h2-5,10-11,14H,6-9,12H2,1H3,(H,21,24). The Bertz CT molecular complexity index is 938. The lowest BCUT2D eigenvalue weighted by molar-refractivity contribution is -0.121. The number of rotatable bonds is 5. The number of hydrogen-bond acceptors (Lipinski definition) is 6. The van der Waals surface area contributed by atoms with Crippen LogP contribution in [0.1, 0.15) is 34.9 Å². The summed E-state index contributed by atoms with van der Waals surface area (Å²) in [4.78, 5) is 31.9. The second-order valence-electron chi connectivity index (χ2n) is 6.79. The van der Waals surface area contributed by atoms with Crippen LogP contribution in [-0.4, -0.2) is 40.8 Å². The van der Waals surface area contributed by atoms with Crippen LogP contribution in [0.25, 0.3) is 10.8 Å². The normalized spacial score (nSPS) is 15.0. The molecule has 3 aromatic heterocycles. The Morgan fingerprint density at radius 2 is 2.11 bits per heavy atom. The molecule has 4 rings (SSSR count). The van der Waals surface area contributed by atoms with E-state index in [1.54, 1.807) is 28.4 Å². The molecule has 1 aliphatic rings. The molecular weight excluding hydrogens is 378 g/mol. The number of aryl methyl sites for hydroxylation is 1. The molecule has 4 heterocycles. The van der Waals surface area contributed by atoms with E-state index in [1.807, 2.05) is 24.4 Å². The SMILES string of the molecule is Cc1oc(-c2cccs2)nc1CC(=O)NC1CCN(C(=O)c2ccco2)CC1. The number of furan rings is 1. The molecule has 1 N–H and O–H groups in total. The largest absolute Gasteiger partial charge is 0.459 e. The first-order chi connectivity index (χ1) is 13.6. The van der Waals surface area contributed by atoms with Gasteiger partial charge in [-0.15, -0.1) is 11.3 Å². The van der Waals surface area contributed by atoms with Gasteiger partial charge in [0.2, 0.25) is 11.8 Å². The molecule has 1 aliphatic heterocycles. The summed E-state index contributed by atoms with van der Waals surface area (Å²) in [6.45, 7) is 3.01. The molecule has 0 aliphatic carbocycles. The van der Waals surface area contributed by atoms with Crippen LogP contribution >= 0.6 is 11.3 Å². The zero-order valence-electron chi connectivity index (χ0n) is 15.5. The van der Waals surface area contributed by atoms with Crippen molar-refractivity contribution in [1.82, 2.24) is 15.2 Å². The summed E-state index contributed by atoms with van der Waals surface area (Å²) in [6.07, 6.45) is 3.12. The van der Waals surface area contributed by atoms with Gasteiger partial charge in [-0.1, -0.05) is 6.07 Å². The Balaban J connectivity index is 1.29. The van der Waals surface area contributed by atoms with E-state index in [0.29, 0.717) is 36.2 Å². The third kappa shape index (κ3) is 4.01. The van der Waals surface area contributed by atoms with Gasteiger partial charge >= 0.3 is 0 Å². The summed E-state index contributed by atoms with van der Waals surface area (Å²) < 4.78 is 10.9. The van der Waals surface area contributed by atoms with Gasteiger partial charge in [0.1, 0.15) is 5.76 Å². The molecule has 2 amide bonds. The third-order valence-electron chi connectivity index (χ3n) is 4.83. The lowest BCUT2D eigenvalue weighted by atomic mass is 10.0. The van der Waals surface area contributed by atoms with E-state index >= 15 is 0 Å². The lowest BCUT2D eigenvalue weighted by Crippen LogP contribution is -2.46. The average Bonchev–Trinajstić information content (AvgIpc) is 3.45. The molecule has 0 unspecified atom stereocenters. The third-order valence-corrected chi connectivity index (χ3v) is 5.69. The molecule has 1 fully saturated rings. The number of likely N-dealkylation sites (tertiary alicyclic amines) is 1. The Morgan fingerprint density at radius 3 is 2.79 bits per heavy atom. The highest BCUT2D eigenvalue weighted by Gasteiger charge is 2.26. The molecule has 0 spiro atoms. The van der Waals surface area contributed by atoms with Crippen LogP contribution in [-0.2, 0) is 11.2 Å². The molecule has 146 valence electrons. The number of nitrogens with one attached hydrogen (secondary N) is 1. The van der Waals surface area contributed by atoms with Gasteiger partial charge in [0.05, 0.1) is 23.3 Å². The number of oxazole rings is 1. The summed E-state index contributed by atoms with van der Waals surface area (Å²) in [5.74, 6) is 1.39. The van der Waals surface area contributed by atoms with Crippen molar-refractivity contribution in [3.8, 4) is 10.8 Å². The van der Waals surface area contributed by atoms with Crippen molar-refractivity contribution >= 4 is 23.2 Å². The molecule has 0 saturated carbocycles. The van der Waals surface area contributed by atoms with Gasteiger partial charge in [-0.25, -0.2) is 4.98 Å². The molecule has 0 radical (unpaired) electrons. The summed E-state index contributed by atoms with van der Waals surface area (Å²) in [5, 5.41) is 5.02. The summed E-state index contributed by atoms with van der Waals surface area (Å²) >= 11 is 1.55. The Morgan fingerprint density at radius 1 is 1.29 bits per heavy atom. The van der Waals surface area contributed by atoms with E-state index in [-0.39, 0.29) is 24.3 Å². The first-order valence-corrected chi connectivity index (χ1v) is 10.1. The van der Waals surface area contributed by atoms with Crippen molar-refractivity contribution < 1.29 is 18.4 Å². The van der Waals surface area contributed by atoms with Gasteiger partial charge in [-0.3, -0.25) is 9.59 Å². The first kappa shape index (κ1) is 18.5. The molecule has 8 heteroatoms. The number of carbonyl (C=O) groups is 2. The number of piperidine rings is 1. The molecule has 0 atom stereocenters. The van der Waals surface area contributed by atoms with E-state index in [0.717, 1.165) is 17.7 Å². The van der Waals surface area contributed by atoms with E-state index in [1.165, 1.54) is 6.26 Å². The minimum atomic E-state index is -0.103. The fraction of sp³-hybridized carbons (Fsp3) is 0.350. The van der Waals surface area contributed by atoms with Gasteiger partial charge in [0.25, 0.3) is 5.91 Å². The maximum Gasteiger partial charge on any atom is 0.289 e. The van der Waals surface area contributed by atoms with Crippen LogP contribution in [0, 0.1) is 6.92 Å². The molecule has 28 heavy (non-hydrogen) atoms. The maximum atomic E-state index is 12.4. The van der Waals surface area contributed by atoms with Crippen molar-refractivity contribution in [3.05, 3.63) is 53.1 Å². The van der Waals surface area contributed by atoms with Crippen molar-refractivity contribution in [1.29, 1.82) is 0 Å². The summed E-state index contributed by atoms with van der Waals surface area (Å²) in [7, 11) is 0. The minimum Gasteiger partial charge on any atom is -0.459 e. The number of aromatic nitrogens is 1. The van der Waals surface area contributed by atoms with Crippen LogP contribution in [0.5, 0.6) is 0 Å². The fourth-order valence-corrected chi connectivity index (χ4v) is 3.96. The Hall–Kier alpha value is -2.87. The van der Waals surface area contributed by atoms with E-state index in [9.17, 15) is 9.59 Å². The number of hydrogen-bond donors (Lipinski definition) is 1. The van der Waals surface area contributed by atoms with Crippen molar-refractivity contribution in [2.75, 3.05) is 13.1 Å². The molecular formula is C20H21N3O4S. The predicted octanol–water partition coefficient (Wildman–Crippen LogP) is 3.27. The Labute approximate surface area is 166 Å². The van der Waals surface area contributed by atoms with Gasteiger partial charge in [0, 0.05) is 19.1 Å². The van der Waals surface area contributed by atoms with Gasteiger partial charge < -0.3 is 19.1 Å². The number of carbonyl (C=O) groups excluding carboxylic acids is 2. The van der Waals surface area contributed by atoms with Crippen LogP contribution in [0.4, 0.5) is 0 Å². The predicted molar refractivity (Wildman–Crippen MR) is 104 cm³/mol. The molecule has 1 saturated heterocycles. The van der Waals surface area contributed by atoms with Crippen LogP contribution in [0.15, 0.2) is 44.7 Å². The van der Waals surface area contributed by atoms with Gasteiger partial charge in [0.15, 0.2) is 5.76 Å². The molecule has 0 bridgehead atoms. The minimum absolute atomic E-state index is 0.0529. The Kier molecular flexibility index (Phi) is 5.29. The highest BCUT2D eigenvalue weighted by molar-refractivity contribution is 7.13. The van der Waals surface area contributed by atoms with Crippen LogP contribution in [0.2, 0.25) is 0 Å². The topological polar surface area (TPSA) is 88.6 Å². The number of amides is 2. The van der Waals surface area contributed by atoms with Crippen molar-refractivity contribution in [2.24, 2.45) is 0 Å². The fourth-order valence-electron chi connectivity index (χ4n) is 3.31. The van der Waals surface area contributed by atoms with Crippen LogP contribution < -0.4 is 5.32 Å². The van der Waals surface area contributed by atoms with Gasteiger partial charge in [-0.05, 0) is 43.3 Å². The number of nitrogens with zero attached hydrogens (tertiary/aromatic N) is 2. The second-order valence-corrected chi connectivity index (χ2v) is 7.73. The quantitative estimate of drug-likeness (QED) is 0.711. The maximum absolute atomic E-state index is 12.4. The second kappa shape index (κ2) is 8.02. The molecule has 7 nitrogen and oxygen atoms in total. The van der Waals surface area contributed by atoms with E-state index < -0.39 is 0 Å². The van der Waals surface area contributed by atoms with Crippen LogP contribution in [0.3, 0.4) is 0 Å². The monoisotopic (exact) mass is 399 g/mol. The average molecular weight is 399 g/mol. The lowest BCUT2D eigenvalue weighted by Gasteiger charge is -2.31. The summed E-state index contributed by atoms with van der Waals surface area (Å²) in [5.41, 5.74) is 0.659. The highest BCUT2D eigenvalue weighted by Crippen LogP contribution is 2.26. The smallest absolute Gasteiger partial charge is 0.289 e. The number of thiophene rings is 1. The first-order valence-electron chi connectivity index (χ1n) is 9.22. The zero-order chi connectivity index (χ0) is 19.5. The van der Waals surface area contributed by atoms with Gasteiger partial charge in [-0.2, -0.15) is 0 Å². The van der Waals surface area contributed by atoms with E-state index in [4.69, 9.17) is 8.83 Å². The van der Waals surface area contributed by atoms with E-state index in [2.05, 4.69) is 10.3 Å². The van der Waals surface area contributed by atoms with Crippen molar-refractivity contribution in [3.63, 3.8) is 0 Å². The highest BCUT2D eigenvalue weighted by atomic mass is 32.1. The zero-order valence-corrected chi connectivity index (χ0v) is 16.3. The molecule has 0 aromatic carbocycles.